The molecule has 0 bridgehead atoms. The normalized spacial score (nSPS) is 16.4. The van der Waals surface area contributed by atoms with E-state index in [1.165, 1.54) is 83.3 Å². The molecule has 6 aromatic carbocycles. The Bertz CT molecular complexity index is 2790. The number of hydrogen-bond donors (Lipinski definition) is 0. The highest BCUT2D eigenvalue weighted by Gasteiger charge is 2.35. The zero-order chi connectivity index (χ0) is 41.5. The van der Waals surface area contributed by atoms with Gasteiger partial charge in [0.25, 0.3) is 0 Å². The van der Waals surface area contributed by atoms with Gasteiger partial charge in [-0.15, -0.1) is 0 Å². The minimum atomic E-state index is 0.0110. The van der Waals surface area contributed by atoms with Crippen LogP contribution in [-0.4, -0.2) is 0 Å². The molecule has 0 heterocycles. The number of rotatable bonds is 8. The lowest BCUT2D eigenvalue weighted by Crippen LogP contribution is -2.35. The van der Waals surface area contributed by atoms with Crippen molar-refractivity contribution >= 4 is 34.6 Å². The summed E-state index contributed by atoms with van der Waals surface area (Å²) in [6.45, 7) is 24.2. The van der Waals surface area contributed by atoms with Crippen LogP contribution in [0.1, 0.15) is 72.9 Å². The molecule has 2 unspecified atom stereocenters. The molecule has 0 spiro atoms. The van der Waals surface area contributed by atoms with Gasteiger partial charge in [0, 0.05) is 17.3 Å². The molecule has 9 rings (SSSR count). The second kappa shape index (κ2) is 18.0. The monoisotopic (exact) mass is 764 g/mol. The Morgan fingerprint density at radius 2 is 1.42 bits per heavy atom. The average Bonchev–Trinajstić information content (AvgIpc) is 3.50. The quantitative estimate of drug-likeness (QED) is 0.135. The van der Waals surface area contributed by atoms with Crippen LogP contribution in [0.5, 0.6) is 0 Å². The molecule has 0 heteroatoms. The van der Waals surface area contributed by atoms with Crippen molar-refractivity contribution in [2.24, 2.45) is 5.92 Å². The molecule has 2 atom stereocenters. The van der Waals surface area contributed by atoms with Gasteiger partial charge in [0.1, 0.15) is 0 Å². The molecule has 3 aliphatic rings. The summed E-state index contributed by atoms with van der Waals surface area (Å²) in [5, 5.41) is 5.35. The number of fused-ring (bicyclic) bond motifs is 6. The third-order valence-corrected chi connectivity index (χ3v) is 12.1. The Morgan fingerprint density at radius 1 is 0.678 bits per heavy atom. The van der Waals surface area contributed by atoms with E-state index in [1.54, 1.807) is 6.08 Å². The van der Waals surface area contributed by atoms with Gasteiger partial charge in [0.15, 0.2) is 0 Å². The van der Waals surface area contributed by atoms with E-state index in [9.17, 15) is 0 Å². The van der Waals surface area contributed by atoms with Crippen LogP contribution < -0.4 is 10.4 Å². The van der Waals surface area contributed by atoms with E-state index in [4.69, 9.17) is 0 Å². The summed E-state index contributed by atoms with van der Waals surface area (Å²) in [6, 6.07) is 44.3. The smallest absolute Gasteiger partial charge is 0.0159 e. The second-order valence-corrected chi connectivity index (χ2v) is 16.2. The Hall–Kier alpha value is -6.50. The van der Waals surface area contributed by atoms with Crippen molar-refractivity contribution < 1.29 is 0 Å². The van der Waals surface area contributed by atoms with Crippen molar-refractivity contribution in [2.75, 3.05) is 0 Å². The van der Waals surface area contributed by atoms with E-state index in [0.29, 0.717) is 11.8 Å². The van der Waals surface area contributed by atoms with Crippen molar-refractivity contribution in [1.82, 2.24) is 0 Å². The third-order valence-electron chi connectivity index (χ3n) is 12.1. The topological polar surface area (TPSA) is 0 Å². The number of aryl methyl sites for hydroxylation is 1. The van der Waals surface area contributed by atoms with Gasteiger partial charge in [-0.2, -0.15) is 0 Å². The average molecular weight is 765 g/mol. The van der Waals surface area contributed by atoms with Crippen LogP contribution in [0.2, 0.25) is 0 Å². The van der Waals surface area contributed by atoms with Gasteiger partial charge in [-0.1, -0.05) is 235 Å². The molecule has 59 heavy (non-hydrogen) atoms. The van der Waals surface area contributed by atoms with Gasteiger partial charge < -0.3 is 0 Å². The van der Waals surface area contributed by atoms with Crippen LogP contribution in [0.25, 0.3) is 56.8 Å². The molecule has 0 amide bonds. The van der Waals surface area contributed by atoms with Crippen molar-refractivity contribution in [3.05, 3.63) is 240 Å². The molecule has 0 N–H and O–H groups in total. The molecule has 0 aliphatic heterocycles. The summed E-state index contributed by atoms with van der Waals surface area (Å²) >= 11 is 0. The van der Waals surface area contributed by atoms with Gasteiger partial charge in [0.05, 0.1) is 0 Å². The second-order valence-electron chi connectivity index (χ2n) is 16.2. The summed E-state index contributed by atoms with van der Waals surface area (Å²) in [5.74, 6) is 0.812. The van der Waals surface area contributed by atoms with Crippen LogP contribution in [0.3, 0.4) is 0 Å². The van der Waals surface area contributed by atoms with E-state index in [0.717, 1.165) is 17.5 Å². The van der Waals surface area contributed by atoms with Gasteiger partial charge in [0.2, 0.25) is 0 Å². The van der Waals surface area contributed by atoms with Crippen LogP contribution >= 0.6 is 0 Å². The van der Waals surface area contributed by atoms with Crippen molar-refractivity contribution in [1.29, 1.82) is 0 Å². The maximum atomic E-state index is 4.02. The standard InChI is InChI=1S/C26H24.C24H18.C9H14/c1-6-18-9-8-10-21(20(18)7-2)19-12-14-23-22-13-11-17(3)15-24(22)26(4,5)25(23)16-19;1-2-8-18-15-20(14-13-17(18)7-1)24-16-19-9-3-4-10-21(19)22-11-5-6-12-23(22)24;1-4-7-9(6-3)8-5-2/h6-16H,1-2H2,3-5H3;1-16,23-24H;4,6-7H,1,3,5,8H2,2H3/b;;9-7+. The largest absolute Gasteiger partial charge is 0.0991 e. The summed E-state index contributed by atoms with van der Waals surface area (Å²) in [7, 11) is 0. The summed E-state index contributed by atoms with van der Waals surface area (Å²) in [4.78, 5) is 0. The molecule has 6 aromatic rings. The first-order valence-electron chi connectivity index (χ1n) is 20.9. The molecule has 292 valence electrons. The summed E-state index contributed by atoms with van der Waals surface area (Å²) in [5.41, 5.74) is 15.7. The SMILES string of the molecule is C1=CC2=c3ccccc3=CC(c3ccc4ccccc4c3)C2C=C1.C=C/C=C(\C=C)CCC.C=Cc1cccc(-c2ccc3c(c2)C(C)(C)c2cc(C)ccc2-3)c1C=C. The highest BCUT2D eigenvalue weighted by molar-refractivity contribution is 5.87. The molecule has 0 nitrogen and oxygen atoms in total. The lowest BCUT2D eigenvalue weighted by Gasteiger charge is -2.29. The lowest BCUT2D eigenvalue weighted by atomic mass is 9.75. The van der Waals surface area contributed by atoms with Crippen LogP contribution in [0, 0.1) is 12.8 Å². The van der Waals surface area contributed by atoms with Gasteiger partial charge in [-0.25, -0.2) is 0 Å². The van der Waals surface area contributed by atoms with E-state index in [2.05, 4.69) is 206 Å². The summed E-state index contributed by atoms with van der Waals surface area (Å²) < 4.78 is 0. The van der Waals surface area contributed by atoms with Crippen LogP contribution in [0.4, 0.5) is 0 Å². The molecule has 0 saturated heterocycles. The Balaban J connectivity index is 0.000000149. The number of benzene rings is 6. The van der Waals surface area contributed by atoms with E-state index in [-0.39, 0.29) is 5.41 Å². The van der Waals surface area contributed by atoms with E-state index in [1.807, 2.05) is 24.3 Å². The first-order chi connectivity index (χ1) is 28.7. The van der Waals surface area contributed by atoms with Crippen LogP contribution in [-0.2, 0) is 5.41 Å². The molecular weight excluding hydrogens is 709 g/mol. The van der Waals surface area contributed by atoms with Gasteiger partial charge in [-0.3, -0.25) is 0 Å². The predicted molar refractivity (Wildman–Crippen MR) is 260 cm³/mol. The highest BCUT2D eigenvalue weighted by atomic mass is 14.4. The van der Waals surface area contributed by atoms with Gasteiger partial charge >= 0.3 is 0 Å². The minimum absolute atomic E-state index is 0.0110. The molecule has 0 aromatic heterocycles. The van der Waals surface area contributed by atoms with Crippen molar-refractivity contribution in [3.63, 3.8) is 0 Å². The predicted octanol–water partition coefficient (Wildman–Crippen LogP) is 14.6. The third kappa shape index (κ3) is 8.27. The van der Waals surface area contributed by atoms with Crippen molar-refractivity contribution in [3.8, 4) is 22.3 Å². The molecule has 0 saturated carbocycles. The summed E-state index contributed by atoms with van der Waals surface area (Å²) in [6.07, 6.45) is 23.2. The highest BCUT2D eigenvalue weighted by Crippen LogP contribution is 2.50. The maximum absolute atomic E-state index is 4.02. The fourth-order valence-electron chi connectivity index (χ4n) is 9.01. The maximum Gasteiger partial charge on any atom is 0.0159 e. The van der Waals surface area contributed by atoms with E-state index < -0.39 is 0 Å². The Kier molecular flexibility index (Phi) is 12.4. The first-order valence-corrected chi connectivity index (χ1v) is 20.9. The zero-order valence-electron chi connectivity index (χ0n) is 35.2. The minimum Gasteiger partial charge on any atom is -0.0991 e. The molecule has 0 fully saturated rings. The first kappa shape index (κ1) is 40.7. The number of allylic oxidation sites excluding steroid dienone is 8. The van der Waals surface area contributed by atoms with Crippen molar-refractivity contribution in [2.45, 2.75) is 51.9 Å². The lowest BCUT2D eigenvalue weighted by molar-refractivity contribution is 0.660. The fraction of sp³-hybridized carbons (Fsp3) is 0.153. The Labute approximate surface area is 352 Å². The van der Waals surface area contributed by atoms with E-state index >= 15 is 0 Å². The number of hydrogen-bond acceptors (Lipinski definition) is 0. The van der Waals surface area contributed by atoms with Crippen LogP contribution in [0.15, 0.2) is 196 Å². The fourth-order valence-corrected chi connectivity index (χ4v) is 9.01. The Morgan fingerprint density at radius 3 is 2.17 bits per heavy atom. The van der Waals surface area contributed by atoms with Gasteiger partial charge in [-0.05, 0) is 102 Å². The zero-order valence-corrected chi connectivity index (χ0v) is 35.2. The molecule has 0 radical (unpaired) electrons. The molecule has 3 aliphatic carbocycles. The molecular formula is C59H56.